The number of aromatic amines is 1. The molecule has 0 bridgehead atoms. The summed E-state index contributed by atoms with van der Waals surface area (Å²) in [4.78, 5) is 17.4. The minimum atomic E-state index is 0.829. The van der Waals surface area contributed by atoms with Crippen LogP contribution in [0.3, 0.4) is 0 Å². The highest BCUT2D eigenvalue weighted by Crippen LogP contribution is 2.20. The number of para-hydroxylation sites is 2. The van der Waals surface area contributed by atoms with Gasteiger partial charge in [-0.2, -0.15) is 0 Å². The fraction of sp³-hybridized carbons (Fsp3) is 0.333. The molecule has 4 heterocycles. The first kappa shape index (κ1) is 15.3. The topological polar surface area (TPSA) is 78.2 Å². The zero-order valence-corrected chi connectivity index (χ0v) is 14.6. The third-order valence-electron chi connectivity index (χ3n) is 4.96. The third-order valence-corrected chi connectivity index (χ3v) is 4.96. The number of rotatable bonds is 3. The lowest BCUT2D eigenvalue weighted by molar-refractivity contribution is 0.244. The zero-order valence-electron chi connectivity index (χ0n) is 14.6. The number of benzene rings is 1. The molecule has 0 aliphatic carbocycles. The number of anilines is 1. The van der Waals surface area contributed by atoms with E-state index < -0.39 is 0 Å². The maximum atomic E-state index is 4.68. The molecule has 5 rings (SSSR count). The number of imidazole rings is 1. The van der Waals surface area contributed by atoms with E-state index in [1.165, 1.54) is 0 Å². The lowest BCUT2D eigenvalue weighted by Crippen LogP contribution is -2.46. The Hall–Kier alpha value is -3.00. The first-order valence-electron chi connectivity index (χ1n) is 8.85. The first-order valence-corrected chi connectivity index (χ1v) is 8.85. The van der Waals surface area contributed by atoms with E-state index in [4.69, 9.17) is 0 Å². The van der Waals surface area contributed by atoms with Crippen molar-refractivity contribution in [3.05, 3.63) is 48.3 Å². The second kappa shape index (κ2) is 6.06. The van der Waals surface area contributed by atoms with Gasteiger partial charge in [0.05, 0.1) is 17.6 Å². The van der Waals surface area contributed by atoms with Crippen LogP contribution >= 0.6 is 0 Å². The fourth-order valence-corrected chi connectivity index (χ4v) is 3.56. The Labute approximate surface area is 150 Å². The van der Waals surface area contributed by atoms with E-state index in [1.54, 1.807) is 0 Å². The van der Waals surface area contributed by atoms with Crippen LogP contribution in [0.25, 0.3) is 16.7 Å². The number of aryl methyl sites for hydroxylation is 1. The second-order valence-electron chi connectivity index (χ2n) is 6.66. The number of H-pyrrole nitrogens is 1. The fourth-order valence-electron chi connectivity index (χ4n) is 3.56. The van der Waals surface area contributed by atoms with Gasteiger partial charge in [0.1, 0.15) is 11.6 Å². The lowest BCUT2D eigenvalue weighted by atomic mass is 10.3. The Kier molecular flexibility index (Phi) is 3.56. The summed E-state index contributed by atoms with van der Waals surface area (Å²) in [5.74, 6) is 2.82. The molecule has 1 N–H and O–H groups in total. The predicted octanol–water partition coefficient (Wildman–Crippen LogP) is 1.63. The van der Waals surface area contributed by atoms with Gasteiger partial charge in [-0.15, -0.1) is 10.2 Å². The average molecular weight is 348 g/mol. The summed E-state index contributed by atoms with van der Waals surface area (Å²) in [6, 6.07) is 8.16. The molecule has 0 saturated carbocycles. The van der Waals surface area contributed by atoms with Crippen molar-refractivity contribution in [1.82, 2.24) is 34.4 Å². The summed E-state index contributed by atoms with van der Waals surface area (Å²) < 4.78 is 1.99. The number of aromatic nitrogens is 6. The molecule has 8 nitrogen and oxygen atoms in total. The third kappa shape index (κ3) is 2.59. The number of hydrogen-bond acceptors (Lipinski definition) is 6. The molecule has 3 aromatic heterocycles. The molecule has 1 fully saturated rings. The van der Waals surface area contributed by atoms with Crippen LogP contribution in [0, 0.1) is 6.92 Å². The molecule has 1 saturated heterocycles. The van der Waals surface area contributed by atoms with Crippen LogP contribution in [0.15, 0.2) is 36.7 Å². The van der Waals surface area contributed by atoms with Gasteiger partial charge in [-0.25, -0.2) is 9.97 Å². The summed E-state index contributed by atoms with van der Waals surface area (Å²) in [6.07, 6.45) is 3.73. The predicted molar refractivity (Wildman–Crippen MR) is 99.1 cm³/mol. The Morgan fingerprint density at radius 1 is 1.08 bits per heavy atom. The Morgan fingerprint density at radius 2 is 1.92 bits per heavy atom. The Morgan fingerprint density at radius 3 is 2.77 bits per heavy atom. The highest BCUT2D eigenvalue weighted by atomic mass is 15.3. The SMILES string of the molecule is Cc1nnc2c(N3CCN(Cc4nc5ccccc5[nH]4)CC3)nccn12. The summed E-state index contributed by atoms with van der Waals surface area (Å²) in [5.41, 5.74) is 2.95. The molecule has 26 heavy (non-hydrogen) atoms. The van der Waals surface area contributed by atoms with Gasteiger partial charge in [0.25, 0.3) is 0 Å². The largest absolute Gasteiger partial charge is 0.351 e. The van der Waals surface area contributed by atoms with E-state index in [1.807, 2.05) is 41.9 Å². The molecule has 132 valence electrons. The molecule has 0 spiro atoms. The van der Waals surface area contributed by atoms with Crippen molar-refractivity contribution in [2.45, 2.75) is 13.5 Å². The quantitative estimate of drug-likeness (QED) is 0.606. The van der Waals surface area contributed by atoms with E-state index in [2.05, 4.69) is 41.0 Å². The zero-order chi connectivity index (χ0) is 17.5. The number of piperazine rings is 1. The van der Waals surface area contributed by atoms with Crippen molar-refractivity contribution < 1.29 is 0 Å². The highest BCUT2D eigenvalue weighted by Gasteiger charge is 2.22. The lowest BCUT2D eigenvalue weighted by Gasteiger charge is -2.34. The van der Waals surface area contributed by atoms with Crippen molar-refractivity contribution in [2.75, 3.05) is 31.1 Å². The molecule has 1 aliphatic rings. The van der Waals surface area contributed by atoms with E-state index in [0.717, 1.165) is 66.9 Å². The maximum absolute atomic E-state index is 4.68. The normalized spacial score (nSPS) is 16.0. The van der Waals surface area contributed by atoms with Crippen molar-refractivity contribution in [3.8, 4) is 0 Å². The van der Waals surface area contributed by atoms with Gasteiger partial charge in [-0.1, -0.05) is 12.1 Å². The van der Waals surface area contributed by atoms with Crippen molar-refractivity contribution in [3.63, 3.8) is 0 Å². The highest BCUT2D eigenvalue weighted by molar-refractivity contribution is 5.74. The standard InChI is InChI=1S/C18H20N8/c1-13-22-23-18-17(19-6-7-26(13)18)25-10-8-24(9-11-25)12-16-20-14-4-2-3-5-15(14)21-16/h2-7H,8-12H2,1H3,(H,20,21). The van der Waals surface area contributed by atoms with Crippen LogP contribution in [0.5, 0.6) is 0 Å². The van der Waals surface area contributed by atoms with Crippen LogP contribution in [0.4, 0.5) is 5.82 Å². The summed E-state index contributed by atoms with van der Waals surface area (Å²) >= 11 is 0. The van der Waals surface area contributed by atoms with Crippen molar-refractivity contribution in [2.24, 2.45) is 0 Å². The molecule has 0 atom stereocenters. The van der Waals surface area contributed by atoms with E-state index in [9.17, 15) is 0 Å². The molecular formula is C18H20N8. The van der Waals surface area contributed by atoms with Gasteiger partial charge < -0.3 is 9.88 Å². The molecule has 0 amide bonds. The Bertz CT molecular complexity index is 1020. The number of fused-ring (bicyclic) bond motifs is 2. The molecule has 0 unspecified atom stereocenters. The smallest absolute Gasteiger partial charge is 0.203 e. The van der Waals surface area contributed by atoms with Gasteiger partial charge >= 0.3 is 0 Å². The monoisotopic (exact) mass is 348 g/mol. The Balaban J connectivity index is 1.29. The van der Waals surface area contributed by atoms with Crippen LogP contribution in [0.2, 0.25) is 0 Å². The molecule has 0 radical (unpaired) electrons. The maximum Gasteiger partial charge on any atom is 0.203 e. The molecule has 1 aromatic carbocycles. The van der Waals surface area contributed by atoms with E-state index >= 15 is 0 Å². The van der Waals surface area contributed by atoms with Crippen molar-refractivity contribution >= 4 is 22.5 Å². The second-order valence-corrected chi connectivity index (χ2v) is 6.66. The van der Waals surface area contributed by atoms with Crippen LogP contribution in [0.1, 0.15) is 11.6 Å². The van der Waals surface area contributed by atoms with Crippen LogP contribution < -0.4 is 4.90 Å². The summed E-state index contributed by atoms with van der Waals surface area (Å²) in [5, 5.41) is 8.45. The first-order chi connectivity index (χ1) is 12.8. The van der Waals surface area contributed by atoms with Gasteiger partial charge in [0.15, 0.2) is 5.82 Å². The molecule has 8 heteroatoms. The minimum Gasteiger partial charge on any atom is -0.351 e. The van der Waals surface area contributed by atoms with E-state index in [-0.39, 0.29) is 0 Å². The average Bonchev–Trinajstić information content (AvgIpc) is 3.25. The molecular weight excluding hydrogens is 328 g/mol. The number of nitrogens with one attached hydrogen (secondary N) is 1. The summed E-state index contributed by atoms with van der Waals surface area (Å²) in [6.45, 7) is 6.55. The van der Waals surface area contributed by atoms with Crippen LogP contribution in [-0.4, -0.2) is 60.6 Å². The minimum absolute atomic E-state index is 0.829. The summed E-state index contributed by atoms with van der Waals surface area (Å²) in [7, 11) is 0. The van der Waals surface area contributed by atoms with Gasteiger partial charge in [-0.05, 0) is 19.1 Å². The molecule has 1 aliphatic heterocycles. The number of nitrogens with zero attached hydrogens (tertiary/aromatic N) is 7. The van der Waals surface area contributed by atoms with Gasteiger partial charge in [0.2, 0.25) is 5.65 Å². The number of hydrogen-bond donors (Lipinski definition) is 1. The van der Waals surface area contributed by atoms with Gasteiger partial charge in [0, 0.05) is 38.6 Å². The van der Waals surface area contributed by atoms with Gasteiger partial charge in [-0.3, -0.25) is 9.30 Å². The van der Waals surface area contributed by atoms with Crippen molar-refractivity contribution in [1.29, 1.82) is 0 Å². The van der Waals surface area contributed by atoms with E-state index in [0.29, 0.717) is 0 Å². The molecule has 4 aromatic rings. The van der Waals surface area contributed by atoms with Crippen LogP contribution in [-0.2, 0) is 6.54 Å².